The van der Waals surface area contributed by atoms with Gasteiger partial charge in [-0.3, -0.25) is 0 Å². The van der Waals surface area contributed by atoms with Gasteiger partial charge in [-0.25, -0.2) is 4.98 Å². The molecule has 2 rings (SSSR count). The standard InChI is InChI=1S/C13H23N3O/c1-11(7-12-3-4-12)16-10-15-9-13(16)8-14-5-6-17-2/h9-12,14H,3-8H2,1-2H3. The molecule has 0 radical (unpaired) electrons. The van der Waals surface area contributed by atoms with E-state index in [2.05, 4.69) is 21.8 Å². The van der Waals surface area contributed by atoms with Gasteiger partial charge >= 0.3 is 0 Å². The van der Waals surface area contributed by atoms with Crippen LogP contribution in [-0.2, 0) is 11.3 Å². The summed E-state index contributed by atoms with van der Waals surface area (Å²) < 4.78 is 7.32. The Hall–Kier alpha value is -0.870. The molecule has 4 nitrogen and oxygen atoms in total. The molecule has 1 heterocycles. The topological polar surface area (TPSA) is 39.1 Å². The Labute approximate surface area is 103 Å². The lowest BCUT2D eigenvalue weighted by Gasteiger charge is -2.16. The van der Waals surface area contributed by atoms with Crippen LogP contribution in [0.4, 0.5) is 0 Å². The molecule has 1 atom stereocenters. The lowest BCUT2D eigenvalue weighted by atomic mass is 10.1. The zero-order valence-electron chi connectivity index (χ0n) is 10.9. The highest BCUT2D eigenvalue weighted by Crippen LogP contribution is 2.36. The largest absolute Gasteiger partial charge is 0.383 e. The molecule has 0 aliphatic heterocycles. The summed E-state index contributed by atoms with van der Waals surface area (Å²) in [6.45, 7) is 4.81. The number of nitrogens with one attached hydrogen (secondary N) is 1. The highest BCUT2D eigenvalue weighted by atomic mass is 16.5. The second kappa shape index (κ2) is 6.17. The van der Waals surface area contributed by atoms with Crippen molar-refractivity contribution >= 4 is 0 Å². The number of methoxy groups -OCH3 is 1. The van der Waals surface area contributed by atoms with E-state index in [9.17, 15) is 0 Å². The van der Waals surface area contributed by atoms with Crippen molar-refractivity contribution in [3.8, 4) is 0 Å². The number of hydrogen-bond acceptors (Lipinski definition) is 3. The van der Waals surface area contributed by atoms with Crippen molar-refractivity contribution in [2.24, 2.45) is 5.92 Å². The first-order chi connectivity index (χ1) is 8.31. The average Bonchev–Trinajstić information content (AvgIpc) is 3.00. The van der Waals surface area contributed by atoms with E-state index < -0.39 is 0 Å². The van der Waals surface area contributed by atoms with Crippen LogP contribution in [0.5, 0.6) is 0 Å². The second-order valence-electron chi connectivity index (χ2n) is 4.99. The molecule has 96 valence electrons. The fourth-order valence-electron chi connectivity index (χ4n) is 2.21. The minimum absolute atomic E-state index is 0.573. The fraction of sp³-hybridized carbons (Fsp3) is 0.769. The van der Waals surface area contributed by atoms with Crippen molar-refractivity contribution in [2.75, 3.05) is 20.3 Å². The van der Waals surface area contributed by atoms with Crippen LogP contribution in [0.1, 0.15) is 37.9 Å². The Kier molecular flexibility index (Phi) is 4.57. The van der Waals surface area contributed by atoms with E-state index in [0.29, 0.717) is 6.04 Å². The minimum atomic E-state index is 0.573. The van der Waals surface area contributed by atoms with Gasteiger partial charge in [-0.1, -0.05) is 12.8 Å². The van der Waals surface area contributed by atoms with E-state index in [1.165, 1.54) is 25.0 Å². The quantitative estimate of drug-likeness (QED) is 0.703. The normalized spacial score (nSPS) is 17.3. The third-order valence-electron chi connectivity index (χ3n) is 3.38. The second-order valence-corrected chi connectivity index (χ2v) is 4.99. The number of nitrogens with zero attached hydrogens (tertiary/aromatic N) is 2. The van der Waals surface area contributed by atoms with E-state index >= 15 is 0 Å². The molecule has 1 saturated carbocycles. The van der Waals surface area contributed by atoms with Crippen molar-refractivity contribution in [3.05, 3.63) is 18.2 Å². The first kappa shape index (κ1) is 12.6. The molecule has 0 amide bonds. The Balaban J connectivity index is 1.82. The molecule has 1 aliphatic carbocycles. The third kappa shape index (κ3) is 3.82. The first-order valence-electron chi connectivity index (χ1n) is 6.51. The van der Waals surface area contributed by atoms with Gasteiger partial charge in [-0.05, 0) is 19.3 Å². The highest BCUT2D eigenvalue weighted by Gasteiger charge is 2.24. The van der Waals surface area contributed by atoms with Gasteiger partial charge in [0.25, 0.3) is 0 Å². The van der Waals surface area contributed by atoms with Gasteiger partial charge in [-0.2, -0.15) is 0 Å². The minimum Gasteiger partial charge on any atom is -0.383 e. The smallest absolute Gasteiger partial charge is 0.0951 e. The summed E-state index contributed by atoms with van der Waals surface area (Å²) in [6, 6.07) is 0.573. The third-order valence-corrected chi connectivity index (χ3v) is 3.38. The van der Waals surface area contributed by atoms with Crippen LogP contribution < -0.4 is 5.32 Å². The molecule has 1 unspecified atom stereocenters. The lowest BCUT2D eigenvalue weighted by Crippen LogP contribution is -2.21. The molecule has 4 heteroatoms. The van der Waals surface area contributed by atoms with E-state index in [1.54, 1.807) is 7.11 Å². The Morgan fingerprint density at radius 3 is 3.12 bits per heavy atom. The predicted molar refractivity (Wildman–Crippen MR) is 67.9 cm³/mol. The summed E-state index contributed by atoms with van der Waals surface area (Å²) in [7, 11) is 1.73. The van der Waals surface area contributed by atoms with Gasteiger partial charge < -0.3 is 14.6 Å². The summed E-state index contributed by atoms with van der Waals surface area (Å²) in [5.41, 5.74) is 1.27. The maximum absolute atomic E-state index is 5.01. The lowest BCUT2D eigenvalue weighted by molar-refractivity contribution is 0.199. The molecule has 1 fully saturated rings. The van der Waals surface area contributed by atoms with Gasteiger partial charge in [0.2, 0.25) is 0 Å². The van der Waals surface area contributed by atoms with E-state index in [1.807, 2.05) is 12.5 Å². The molecular weight excluding hydrogens is 214 g/mol. The van der Waals surface area contributed by atoms with Crippen LogP contribution in [0.2, 0.25) is 0 Å². The van der Waals surface area contributed by atoms with Crippen LogP contribution in [-0.4, -0.2) is 29.8 Å². The number of ether oxygens (including phenoxy) is 1. The molecule has 0 saturated heterocycles. The number of imidazole rings is 1. The van der Waals surface area contributed by atoms with Crippen LogP contribution in [0.15, 0.2) is 12.5 Å². The van der Waals surface area contributed by atoms with Crippen LogP contribution in [0.25, 0.3) is 0 Å². The molecule has 0 bridgehead atoms. The monoisotopic (exact) mass is 237 g/mol. The van der Waals surface area contributed by atoms with Crippen molar-refractivity contribution in [2.45, 2.75) is 38.8 Å². The Bertz CT molecular complexity index is 333. The van der Waals surface area contributed by atoms with Crippen molar-refractivity contribution in [3.63, 3.8) is 0 Å². The predicted octanol–water partition coefficient (Wildman–Crippen LogP) is 1.98. The number of rotatable bonds is 8. The maximum Gasteiger partial charge on any atom is 0.0951 e. The zero-order valence-corrected chi connectivity index (χ0v) is 10.9. The summed E-state index contributed by atoms with van der Waals surface area (Å²) in [5, 5.41) is 3.37. The highest BCUT2D eigenvalue weighted by molar-refractivity contribution is 5.00. The molecule has 17 heavy (non-hydrogen) atoms. The van der Waals surface area contributed by atoms with Gasteiger partial charge in [-0.15, -0.1) is 0 Å². The number of aromatic nitrogens is 2. The van der Waals surface area contributed by atoms with Crippen LogP contribution >= 0.6 is 0 Å². The van der Waals surface area contributed by atoms with Crippen molar-refractivity contribution in [1.29, 1.82) is 0 Å². The maximum atomic E-state index is 5.01. The van der Waals surface area contributed by atoms with E-state index in [-0.39, 0.29) is 0 Å². The average molecular weight is 237 g/mol. The van der Waals surface area contributed by atoms with Crippen LogP contribution in [0.3, 0.4) is 0 Å². The van der Waals surface area contributed by atoms with Crippen LogP contribution in [0, 0.1) is 5.92 Å². The summed E-state index contributed by atoms with van der Waals surface area (Å²) >= 11 is 0. The molecular formula is C13H23N3O. The molecule has 0 aromatic carbocycles. The van der Waals surface area contributed by atoms with E-state index in [4.69, 9.17) is 4.74 Å². The summed E-state index contributed by atoms with van der Waals surface area (Å²) in [4.78, 5) is 4.26. The SMILES string of the molecule is COCCNCc1cncn1C(C)CC1CC1. The van der Waals surface area contributed by atoms with Crippen molar-refractivity contribution in [1.82, 2.24) is 14.9 Å². The first-order valence-corrected chi connectivity index (χ1v) is 6.51. The zero-order chi connectivity index (χ0) is 12.1. The number of hydrogen-bond donors (Lipinski definition) is 1. The van der Waals surface area contributed by atoms with Crippen molar-refractivity contribution < 1.29 is 4.74 Å². The Morgan fingerprint density at radius 1 is 1.59 bits per heavy atom. The van der Waals surface area contributed by atoms with E-state index in [0.717, 1.165) is 25.6 Å². The molecule has 1 aromatic rings. The molecule has 0 spiro atoms. The van der Waals surface area contributed by atoms with Gasteiger partial charge in [0, 0.05) is 32.4 Å². The fourth-order valence-corrected chi connectivity index (χ4v) is 2.21. The van der Waals surface area contributed by atoms with Gasteiger partial charge in [0.1, 0.15) is 0 Å². The summed E-state index contributed by atoms with van der Waals surface area (Å²) in [6.07, 6.45) is 8.05. The summed E-state index contributed by atoms with van der Waals surface area (Å²) in [5.74, 6) is 0.960. The molecule has 1 aromatic heterocycles. The van der Waals surface area contributed by atoms with Gasteiger partial charge in [0.15, 0.2) is 0 Å². The Morgan fingerprint density at radius 2 is 2.41 bits per heavy atom. The van der Waals surface area contributed by atoms with Gasteiger partial charge in [0.05, 0.1) is 18.6 Å². The molecule has 1 aliphatic rings. The molecule has 1 N–H and O–H groups in total.